The summed E-state index contributed by atoms with van der Waals surface area (Å²) in [7, 11) is 0. The highest BCUT2D eigenvalue weighted by atomic mass is 32.2. The van der Waals surface area contributed by atoms with E-state index in [0.717, 1.165) is 17.7 Å². The Morgan fingerprint density at radius 2 is 1.88 bits per heavy atom. The summed E-state index contributed by atoms with van der Waals surface area (Å²) >= 11 is 1.29. The van der Waals surface area contributed by atoms with E-state index >= 15 is 0 Å². The molecule has 9 heteroatoms. The van der Waals surface area contributed by atoms with E-state index in [9.17, 15) is 17.6 Å². The van der Waals surface area contributed by atoms with Crippen molar-refractivity contribution in [1.82, 2.24) is 0 Å². The van der Waals surface area contributed by atoms with Crippen LogP contribution in [0.15, 0.2) is 64.8 Å². The van der Waals surface area contributed by atoms with Gasteiger partial charge in [-0.05, 0) is 23.3 Å². The number of benzene rings is 2. The van der Waals surface area contributed by atoms with Crippen LogP contribution in [0.4, 0.5) is 17.6 Å². The number of halogens is 4. The summed E-state index contributed by atoms with van der Waals surface area (Å²) in [5.41, 5.74) is 7.14. The van der Waals surface area contributed by atoms with Gasteiger partial charge in [-0.1, -0.05) is 54.2 Å². The maximum absolute atomic E-state index is 12.9. The van der Waals surface area contributed by atoms with Gasteiger partial charge in [-0.15, -0.1) is 5.10 Å². The van der Waals surface area contributed by atoms with Crippen molar-refractivity contribution in [3.63, 3.8) is 0 Å². The standard InChI is InChI=1S/C17H15F4N3OS/c18-15(19)17(20,21)25-14-8-4-7-13(9-14)10-23-24-16(22)26-11-12-5-2-1-3-6-12/h1-10,15H,11H2,(H2,22,24). The molecule has 2 aromatic carbocycles. The topological polar surface area (TPSA) is 60.0 Å². The molecule has 0 unspecified atom stereocenters. The molecule has 0 radical (unpaired) electrons. The number of nitrogens with zero attached hydrogens (tertiary/aromatic N) is 2. The van der Waals surface area contributed by atoms with Crippen molar-refractivity contribution in [2.75, 3.05) is 0 Å². The molecule has 0 bridgehead atoms. The number of amidine groups is 1. The molecule has 0 aromatic heterocycles. The Labute approximate surface area is 151 Å². The highest BCUT2D eigenvalue weighted by Gasteiger charge is 2.43. The molecule has 0 aliphatic heterocycles. The van der Waals surface area contributed by atoms with Crippen LogP contribution in [-0.2, 0) is 5.75 Å². The summed E-state index contributed by atoms with van der Waals surface area (Å²) < 4.78 is 54.1. The van der Waals surface area contributed by atoms with Gasteiger partial charge >= 0.3 is 12.5 Å². The molecule has 0 amide bonds. The van der Waals surface area contributed by atoms with Gasteiger partial charge in [0, 0.05) is 5.75 Å². The number of hydrogen-bond acceptors (Lipinski definition) is 4. The first-order valence-corrected chi connectivity index (χ1v) is 8.33. The van der Waals surface area contributed by atoms with Gasteiger partial charge < -0.3 is 10.5 Å². The van der Waals surface area contributed by atoms with Gasteiger partial charge in [0.1, 0.15) is 5.75 Å². The van der Waals surface area contributed by atoms with E-state index in [-0.39, 0.29) is 5.17 Å². The van der Waals surface area contributed by atoms with Crippen molar-refractivity contribution in [2.24, 2.45) is 15.9 Å². The Bertz CT molecular complexity index is 770. The van der Waals surface area contributed by atoms with E-state index in [1.165, 1.54) is 30.1 Å². The summed E-state index contributed by atoms with van der Waals surface area (Å²) in [5, 5.41) is 7.76. The normalized spacial score (nSPS) is 12.7. The molecule has 138 valence electrons. The minimum absolute atomic E-state index is 0.224. The minimum Gasteiger partial charge on any atom is -0.428 e. The lowest BCUT2D eigenvalue weighted by Gasteiger charge is -2.16. The Balaban J connectivity index is 1.94. The SMILES string of the molecule is NC(=NN=Cc1cccc(OC(F)(F)C(F)F)c1)SCc1ccccc1. The molecule has 0 atom stereocenters. The van der Waals surface area contributed by atoms with E-state index in [0.29, 0.717) is 11.3 Å². The molecule has 26 heavy (non-hydrogen) atoms. The second-order valence-electron chi connectivity index (χ2n) is 4.99. The summed E-state index contributed by atoms with van der Waals surface area (Å²) in [6, 6.07) is 14.8. The van der Waals surface area contributed by atoms with Crippen LogP contribution in [0, 0.1) is 0 Å². The molecule has 0 heterocycles. The maximum Gasteiger partial charge on any atom is 0.461 e. The molecular weight excluding hydrogens is 370 g/mol. The molecule has 0 aliphatic carbocycles. The quantitative estimate of drug-likeness (QED) is 0.330. The van der Waals surface area contributed by atoms with Gasteiger partial charge in [0.2, 0.25) is 0 Å². The maximum atomic E-state index is 12.9. The number of rotatable bonds is 7. The van der Waals surface area contributed by atoms with E-state index in [2.05, 4.69) is 14.9 Å². The minimum atomic E-state index is -4.56. The molecule has 0 fully saturated rings. The monoisotopic (exact) mass is 385 g/mol. The van der Waals surface area contributed by atoms with E-state index in [4.69, 9.17) is 5.73 Å². The highest BCUT2D eigenvalue weighted by Crippen LogP contribution is 2.27. The highest BCUT2D eigenvalue weighted by molar-refractivity contribution is 8.13. The van der Waals surface area contributed by atoms with E-state index < -0.39 is 18.3 Å². The summed E-state index contributed by atoms with van der Waals surface area (Å²) in [4.78, 5) is 0. The molecule has 0 saturated heterocycles. The van der Waals surface area contributed by atoms with Gasteiger partial charge in [-0.2, -0.15) is 22.7 Å². The number of hydrogen-bond donors (Lipinski definition) is 1. The molecule has 2 N–H and O–H groups in total. The second kappa shape index (κ2) is 9.23. The number of ether oxygens (including phenoxy) is 1. The molecule has 2 rings (SSSR count). The van der Waals surface area contributed by atoms with Crippen LogP contribution >= 0.6 is 11.8 Å². The van der Waals surface area contributed by atoms with Crippen molar-refractivity contribution in [1.29, 1.82) is 0 Å². The van der Waals surface area contributed by atoms with Crippen LogP contribution in [-0.4, -0.2) is 23.9 Å². The summed E-state index contributed by atoms with van der Waals surface area (Å²) in [6.45, 7) is 0. The largest absolute Gasteiger partial charge is 0.461 e. The van der Waals surface area contributed by atoms with Crippen molar-refractivity contribution in [3.05, 3.63) is 65.7 Å². The van der Waals surface area contributed by atoms with Gasteiger partial charge in [0.25, 0.3) is 0 Å². The van der Waals surface area contributed by atoms with Crippen LogP contribution in [0.2, 0.25) is 0 Å². The molecular formula is C17H15F4N3OS. The zero-order valence-corrected chi connectivity index (χ0v) is 14.2. The van der Waals surface area contributed by atoms with Crippen molar-refractivity contribution < 1.29 is 22.3 Å². The number of thioether (sulfide) groups is 1. The smallest absolute Gasteiger partial charge is 0.428 e. The van der Waals surface area contributed by atoms with Crippen LogP contribution in [0.3, 0.4) is 0 Å². The fraction of sp³-hybridized carbons (Fsp3) is 0.176. The zero-order chi connectivity index (χ0) is 19.0. The van der Waals surface area contributed by atoms with Gasteiger partial charge in [-0.25, -0.2) is 0 Å². The first-order chi connectivity index (χ1) is 12.4. The zero-order valence-electron chi connectivity index (χ0n) is 13.4. The first kappa shape index (κ1) is 19.8. The fourth-order valence-electron chi connectivity index (χ4n) is 1.77. The first-order valence-electron chi connectivity index (χ1n) is 7.35. The Hall–Kier alpha value is -2.55. The predicted molar refractivity (Wildman–Crippen MR) is 95.0 cm³/mol. The number of nitrogens with two attached hydrogens (primary N) is 1. The predicted octanol–water partition coefficient (Wildman–Crippen LogP) is 4.51. The lowest BCUT2D eigenvalue weighted by molar-refractivity contribution is -0.253. The van der Waals surface area contributed by atoms with Crippen molar-refractivity contribution in [2.45, 2.75) is 18.3 Å². The lowest BCUT2D eigenvalue weighted by atomic mass is 10.2. The average Bonchev–Trinajstić information content (AvgIpc) is 2.61. The molecule has 0 aliphatic rings. The van der Waals surface area contributed by atoms with Crippen molar-refractivity contribution in [3.8, 4) is 5.75 Å². The molecule has 2 aromatic rings. The fourth-order valence-corrected chi connectivity index (χ4v) is 2.38. The van der Waals surface area contributed by atoms with E-state index in [1.54, 1.807) is 0 Å². The summed E-state index contributed by atoms with van der Waals surface area (Å²) in [5.74, 6) is 0.215. The van der Waals surface area contributed by atoms with Crippen molar-refractivity contribution >= 4 is 23.1 Å². The lowest BCUT2D eigenvalue weighted by Crippen LogP contribution is -2.33. The van der Waals surface area contributed by atoms with Gasteiger partial charge in [-0.3, -0.25) is 0 Å². The average molecular weight is 385 g/mol. The van der Waals surface area contributed by atoms with Crippen LogP contribution in [0.5, 0.6) is 5.75 Å². The Morgan fingerprint density at radius 1 is 1.15 bits per heavy atom. The number of alkyl halides is 4. The molecule has 0 spiro atoms. The Morgan fingerprint density at radius 3 is 2.58 bits per heavy atom. The van der Waals surface area contributed by atoms with Crippen LogP contribution < -0.4 is 10.5 Å². The molecule has 4 nitrogen and oxygen atoms in total. The van der Waals surface area contributed by atoms with Crippen LogP contribution in [0.1, 0.15) is 11.1 Å². The van der Waals surface area contributed by atoms with Crippen LogP contribution in [0.25, 0.3) is 0 Å². The molecule has 0 saturated carbocycles. The van der Waals surface area contributed by atoms with E-state index in [1.807, 2.05) is 30.3 Å². The van der Waals surface area contributed by atoms with Gasteiger partial charge in [0.05, 0.1) is 6.21 Å². The summed E-state index contributed by atoms with van der Waals surface area (Å²) in [6.07, 6.45) is -7.23. The third-order valence-electron chi connectivity index (χ3n) is 2.96. The third kappa shape index (κ3) is 6.40. The van der Waals surface area contributed by atoms with Gasteiger partial charge in [0.15, 0.2) is 5.17 Å². The Kier molecular flexibility index (Phi) is 7.02. The third-order valence-corrected chi connectivity index (χ3v) is 3.81. The second-order valence-corrected chi connectivity index (χ2v) is 5.99.